The Bertz CT molecular complexity index is 463. The third-order valence-electron chi connectivity index (χ3n) is 1.86. The minimum absolute atomic E-state index is 0.239. The molecule has 2 heteroatoms. The first kappa shape index (κ1) is 8.54. The number of phenols is 1. The van der Waals surface area contributed by atoms with Gasteiger partial charge in [0.1, 0.15) is 11.4 Å². The molecule has 0 saturated heterocycles. The van der Waals surface area contributed by atoms with Gasteiger partial charge in [0.2, 0.25) is 0 Å². The highest BCUT2D eigenvalue weighted by Crippen LogP contribution is 2.13. The Morgan fingerprint density at radius 1 is 1.29 bits per heavy atom. The molecule has 2 nitrogen and oxygen atoms in total. The van der Waals surface area contributed by atoms with Crippen LogP contribution in [-0.4, -0.2) is 11.3 Å². The highest BCUT2D eigenvalue weighted by atomic mass is 16.3. The molecule has 0 unspecified atom stereocenters. The summed E-state index contributed by atoms with van der Waals surface area (Å²) in [4.78, 5) is 4.16. The van der Waals surface area contributed by atoms with Crippen LogP contribution in [0.3, 0.4) is 0 Å². The van der Waals surface area contributed by atoms with Crippen molar-refractivity contribution in [3.8, 4) is 5.75 Å². The predicted octanol–water partition coefficient (Wildman–Crippen LogP) is 2.42. The van der Waals surface area contributed by atoms with E-state index in [1.54, 1.807) is 24.4 Å². The largest absolute Gasteiger partial charge is 0.507 e. The second-order valence-electron chi connectivity index (χ2n) is 2.87. The van der Waals surface area contributed by atoms with Gasteiger partial charge in [-0.3, -0.25) is 0 Å². The molecule has 1 aliphatic carbocycles. The molecule has 0 aromatic heterocycles. The van der Waals surface area contributed by atoms with E-state index in [0.29, 0.717) is 5.56 Å². The first-order valence-corrected chi connectivity index (χ1v) is 4.32. The fourth-order valence-electron chi connectivity index (χ4n) is 1.14. The number of allylic oxidation sites excluding steroid dienone is 2. The number of nitrogens with zero attached hydrogens (tertiary/aromatic N) is 1. The van der Waals surface area contributed by atoms with Gasteiger partial charge in [-0.2, -0.15) is 0 Å². The predicted molar refractivity (Wildman–Crippen MR) is 56.4 cm³/mol. The van der Waals surface area contributed by atoms with E-state index in [1.165, 1.54) is 0 Å². The van der Waals surface area contributed by atoms with Crippen LogP contribution in [0.2, 0.25) is 0 Å². The third-order valence-corrected chi connectivity index (χ3v) is 1.86. The highest BCUT2D eigenvalue weighted by Gasteiger charge is 1.95. The van der Waals surface area contributed by atoms with Gasteiger partial charge < -0.3 is 5.11 Å². The van der Waals surface area contributed by atoms with Gasteiger partial charge in [-0.15, -0.1) is 0 Å². The fraction of sp³-hybridized carbons (Fsp3) is 0. The lowest BCUT2D eigenvalue weighted by molar-refractivity contribution is 0.474. The monoisotopic (exact) mass is 183 g/mol. The van der Waals surface area contributed by atoms with Crippen LogP contribution in [-0.2, 0) is 0 Å². The van der Waals surface area contributed by atoms with Crippen molar-refractivity contribution < 1.29 is 5.11 Å². The van der Waals surface area contributed by atoms with Crippen molar-refractivity contribution in [2.24, 2.45) is 4.99 Å². The molecule has 2 rings (SSSR count). The minimum Gasteiger partial charge on any atom is -0.507 e. The number of aliphatic imine (C=N–C) groups is 1. The topological polar surface area (TPSA) is 32.6 Å². The molecule has 14 heavy (non-hydrogen) atoms. The Hall–Kier alpha value is -2.05. The molecule has 0 heterocycles. The number of para-hydroxylation sites is 1. The maximum Gasteiger partial charge on any atom is 0.124 e. The number of hydrogen-bond acceptors (Lipinski definition) is 2. The highest BCUT2D eigenvalue weighted by molar-refractivity contribution is 5.84. The Labute approximate surface area is 82.2 Å². The van der Waals surface area contributed by atoms with Crippen molar-refractivity contribution >= 4 is 6.21 Å². The summed E-state index contributed by atoms with van der Waals surface area (Å²) in [6.45, 7) is 0. The quantitative estimate of drug-likeness (QED) is 0.554. The molecular weight excluding hydrogens is 174 g/mol. The van der Waals surface area contributed by atoms with Crippen LogP contribution >= 0.6 is 0 Å². The minimum atomic E-state index is 0.239. The zero-order chi connectivity index (χ0) is 9.80. The van der Waals surface area contributed by atoms with Gasteiger partial charge in [-0.25, -0.2) is 4.99 Å². The van der Waals surface area contributed by atoms with E-state index in [-0.39, 0.29) is 5.75 Å². The summed E-state index contributed by atoms with van der Waals surface area (Å²) in [5.74, 6) is 0.239. The maximum absolute atomic E-state index is 9.44. The van der Waals surface area contributed by atoms with E-state index in [4.69, 9.17) is 0 Å². The zero-order valence-electron chi connectivity index (χ0n) is 7.51. The van der Waals surface area contributed by atoms with E-state index < -0.39 is 0 Å². The normalized spacial score (nSPS) is 13.9. The molecule has 0 radical (unpaired) electrons. The van der Waals surface area contributed by atoms with E-state index in [9.17, 15) is 5.11 Å². The Balaban J connectivity index is 2.22. The molecule has 68 valence electrons. The SMILES string of the molecule is Oc1ccccc1C=NC1=C=CC=C1. The summed E-state index contributed by atoms with van der Waals surface area (Å²) in [6.07, 6.45) is 7.16. The number of benzene rings is 1. The summed E-state index contributed by atoms with van der Waals surface area (Å²) < 4.78 is 0. The smallest absolute Gasteiger partial charge is 0.124 e. The van der Waals surface area contributed by atoms with Crippen LogP contribution in [0, 0.1) is 0 Å². The van der Waals surface area contributed by atoms with E-state index in [0.717, 1.165) is 5.70 Å². The Morgan fingerprint density at radius 2 is 2.14 bits per heavy atom. The molecule has 0 saturated carbocycles. The molecule has 1 N–H and O–H groups in total. The molecule has 0 bridgehead atoms. The fourth-order valence-corrected chi connectivity index (χ4v) is 1.14. The summed E-state index contributed by atoms with van der Waals surface area (Å²) >= 11 is 0. The van der Waals surface area contributed by atoms with Crippen LogP contribution in [0.5, 0.6) is 5.75 Å². The van der Waals surface area contributed by atoms with Gasteiger partial charge in [0, 0.05) is 11.8 Å². The summed E-state index contributed by atoms with van der Waals surface area (Å²) in [5.41, 5.74) is 4.43. The van der Waals surface area contributed by atoms with Crippen LogP contribution < -0.4 is 0 Å². The van der Waals surface area contributed by atoms with Gasteiger partial charge in [-0.05, 0) is 24.3 Å². The molecule has 0 atom stereocenters. The third kappa shape index (κ3) is 1.82. The van der Waals surface area contributed by atoms with Gasteiger partial charge in [0.25, 0.3) is 0 Å². The second kappa shape index (κ2) is 3.77. The molecule has 0 amide bonds. The van der Waals surface area contributed by atoms with Gasteiger partial charge in [-0.1, -0.05) is 23.9 Å². The van der Waals surface area contributed by atoms with Crippen molar-refractivity contribution in [2.75, 3.05) is 0 Å². The van der Waals surface area contributed by atoms with E-state index >= 15 is 0 Å². The first-order chi connectivity index (χ1) is 6.86. The lowest BCUT2D eigenvalue weighted by Gasteiger charge is -1.95. The summed E-state index contributed by atoms with van der Waals surface area (Å²) in [5, 5.41) is 9.44. The number of hydrogen-bond donors (Lipinski definition) is 1. The molecule has 0 aliphatic heterocycles. The lowest BCUT2D eigenvalue weighted by atomic mass is 10.2. The Kier molecular flexibility index (Phi) is 2.30. The van der Waals surface area contributed by atoms with Crippen LogP contribution in [0.1, 0.15) is 5.56 Å². The van der Waals surface area contributed by atoms with Gasteiger partial charge in [0.05, 0.1) is 0 Å². The van der Waals surface area contributed by atoms with Gasteiger partial charge in [0.15, 0.2) is 0 Å². The zero-order valence-corrected chi connectivity index (χ0v) is 7.51. The van der Waals surface area contributed by atoms with E-state index in [2.05, 4.69) is 10.7 Å². The average Bonchev–Trinajstić information content (AvgIpc) is 2.69. The second-order valence-corrected chi connectivity index (χ2v) is 2.87. The molecule has 1 aliphatic rings. The van der Waals surface area contributed by atoms with Gasteiger partial charge >= 0.3 is 0 Å². The molecule has 1 aromatic rings. The number of rotatable bonds is 2. The number of aromatic hydroxyl groups is 1. The molecule has 0 fully saturated rings. The maximum atomic E-state index is 9.44. The average molecular weight is 183 g/mol. The summed E-state index contributed by atoms with van der Waals surface area (Å²) in [6, 6.07) is 7.08. The number of phenolic OH excluding ortho intramolecular Hbond substituents is 1. The lowest BCUT2D eigenvalue weighted by Crippen LogP contribution is -1.81. The van der Waals surface area contributed by atoms with Crippen LogP contribution in [0.15, 0.2) is 58.9 Å². The van der Waals surface area contributed by atoms with Crippen molar-refractivity contribution in [3.63, 3.8) is 0 Å². The van der Waals surface area contributed by atoms with Crippen molar-refractivity contribution in [2.45, 2.75) is 0 Å². The van der Waals surface area contributed by atoms with Crippen molar-refractivity contribution in [1.29, 1.82) is 0 Å². The molecule has 1 aromatic carbocycles. The summed E-state index contributed by atoms with van der Waals surface area (Å²) in [7, 11) is 0. The molecule has 0 spiro atoms. The molecular formula is C12H9NO. The first-order valence-electron chi connectivity index (χ1n) is 4.32. The Morgan fingerprint density at radius 3 is 2.86 bits per heavy atom. The van der Waals surface area contributed by atoms with Crippen molar-refractivity contribution in [3.05, 3.63) is 59.5 Å². The van der Waals surface area contributed by atoms with Crippen molar-refractivity contribution in [1.82, 2.24) is 0 Å². The van der Waals surface area contributed by atoms with Crippen LogP contribution in [0.4, 0.5) is 0 Å². The van der Waals surface area contributed by atoms with Crippen LogP contribution in [0.25, 0.3) is 0 Å². The van der Waals surface area contributed by atoms with E-state index in [1.807, 2.05) is 24.3 Å². The standard InChI is InChI=1S/C12H9NO/c14-12-8-4-1-5-10(12)9-13-11-6-2-3-7-11/h1-6,8-9,14H.